The second-order valence-electron chi connectivity index (χ2n) is 4.53. The molecule has 0 aromatic rings. The van der Waals surface area contributed by atoms with Gasteiger partial charge in [0.05, 0.1) is 26.4 Å². The maximum Gasteiger partial charge on any atom is 0.0701 e. The van der Waals surface area contributed by atoms with Crippen molar-refractivity contribution in [3.05, 3.63) is 0 Å². The number of hydrogen-bond donors (Lipinski definition) is 1. The third kappa shape index (κ3) is 12.1. The first kappa shape index (κ1) is 16.9. The summed E-state index contributed by atoms with van der Waals surface area (Å²) in [7, 11) is 0. The molecule has 0 saturated carbocycles. The molecule has 3 heteroatoms. The van der Waals surface area contributed by atoms with Crippen molar-refractivity contribution in [2.24, 2.45) is 5.92 Å². The van der Waals surface area contributed by atoms with Crippen LogP contribution in [-0.2, 0) is 9.47 Å². The molecule has 1 N–H and O–H groups in total. The number of ether oxygens (including phenoxy) is 2. The molecule has 0 aromatic heterocycles. The van der Waals surface area contributed by atoms with Gasteiger partial charge in [0, 0.05) is 6.61 Å². The first-order valence-electron chi connectivity index (χ1n) is 7.11. The van der Waals surface area contributed by atoms with Crippen LogP contribution in [0.1, 0.15) is 52.4 Å². The van der Waals surface area contributed by atoms with Gasteiger partial charge in [0.25, 0.3) is 0 Å². The van der Waals surface area contributed by atoms with Crippen LogP contribution in [0.5, 0.6) is 0 Å². The average Bonchev–Trinajstić information content (AvgIpc) is 2.34. The summed E-state index contributed by atoms with van der Waals surface area (Å²) in [5, 5.41) is 8.52. The monoisotopic (exact) mass is 246 g/mol. The summed E-state index contributed by atoms with van der Waals surface area (Å²) in [6.07, 6.45) is 7.74. The maximum absolute atomic E-state index is 8.52. The lowest BCUT2D eigenvalue weighted by atomic mass is 9.94. The first-order valence-corrected chi connectivity index (χ1v) is 7.11. The molecular weight excluding hydrogens is 216 g/mol. The summed E-state index contributed by atoms with van der Waals surface area (Å²) in [6, 6.07) is 0. The normalized spacial score (nSPS) is 12.9. The molecule has 1 atom stereocenters. The first-order chi connectivity index (χ1) is 8.35. The summed E-state index contributed by atoms with van der Waals surface area (Å²) >= 11 is 0. The van der Waals surface area contributed by atoms with Crippen molar-refractivity contribution in [3.63, 3.8) is 0 Å². The van der Waals surface area contributed by atoms with Crippen LogP contribution in [0.25, 0.3) is 0 Å². The van der Waals surface area contributed by atoms with Gasteiger partial charge in [0.1, 0.15) is 0 Å². The molecule has 0 radical (unpaired) electrons. The van der Waals surface area contributed by atoms with Crippen LogP contribution in [0.2, 0.25) is 0 Å². The molecule has 17 heavy (non-hydrogen) atoms. The summed E-state index contributed by atoms with van der Waals surface area (Å²) in [5.41, 5.74) is 0. The van der Waals surface area contributed by atoms with Crippen LogP contribution in [0.4, 0.5) is 0 Å². The van der Waals surface area contributed by atoms with Crippen LogP contribution in [0, 0.1) is 5.92 Å². The molecule has 0 aliphatic rings. The molecule has 1 unspecified atom stereocenters. The van der Waals surface area contributed by atoms with Gasteiger partial charge in [-0.2, -0.15) is 0 Å². The highest BCUT2D eigenvalue weighted by atomic mass is 16.5. The number of rotatable bonds is 13. The van der Waals surface area contributed by atoms with Gasteiger partial charge < -0.3 is 14.6 Å². The SMILES string of the molecule is CCCCC(CCC)CCOCCOCCO. The standard InChI is InChI=1S/C14H30O3/c1-3-5-7-14(6-4-2)8-10-16-12-13-17-11-9-15/h14-15H,3-13H2,1-2H3. The number of aliphatic hydroxyl groups excluding tert-OH is 1. The van der Waals surface area contributed by atoms with Crippen LogP contribution >= 0.6 is 0 Å². The minimum atomic E-state index is 0.0928. The van der Waals surface area contributed by atoms with E-state index in [1.54, 1.807) is 0 Å². The van der Waals surface area contributed by atoms with Gasteiger partial charge in [-0.25, -0.2) is 0 Å². The molecule has 0 fully saturated rings. The van der Waals surface area contributed by atoms with Gasteiger partial charge in [0.15, 0.2) is 0 Å². The van der Waals surface area contributed by atoms with E-state index >= 15 is 0 Å². The third-order valence-corrected chi connectivity index (χ3v) is 2.94. The lowest BCUT2D eigenvalue weighted by Gasteiger charge is -2.15. The van der Waals surface area contributed by atoms with Crippen molar-refractivity contribution < 1.29 is 14.6 Å². The number of unbranched alkanes of at least 4 members (excludes halogenated alkanes) is 1. The quantitative estimate of drug-likeness (QED) is 0.508. The van der Waals surface area contributed by atoms with E-state index in [4.69, 9.17) is 14.6 Å². The summed E-state index contributed by atoms with van der Waals surface area (Å²) in [5.74, 6) is 0.832. The lowest BCUT2D eigenvalue weighted by Crippen LogP contribution is -2.10. The Morgan fingerprint density at radius 2 is 1.53 bits per heavy atom. The van der Waals surface area contributed by atoms with Crippen molar-refractivity contribution in [2.45, 2.75) is 52.4 Å². The second-order valence-corrected chi connectivity index (χ2v) is 4.53. The van der Waals surface area contributed by atoms with Gasteiger partial charge in [-0.15, -0.1) is 0 Å². The molecule has 0 aromatic carbocycles. The van der Waals surface area contributed by atoms with Crippen LogP contribution in [0.3, 0.4) is 0 Å². The fourth-order valence-corrected chi connectivity index (χ4v) is 1.97. The Balaban J connectivity index is 3.34. The fraction of sp³-hybridized carbons (Fsp3) is 1.00. The molecule has 0 aliphatic heterocycles. The van der Waals surface area contributed by atoms with Gasteiger partial charge in [0.2, 0.25) is 0 Å². The van der Waals surface area contributed by atoms with Crippen LogP contribution < -0.4 is 0 Å². The number of hydrogen-bond acceptors (Lipinski definition) is 3. The van der Waals surface area contributed by atoms with E-state index in [0.717, 1.165) is 12.5 Å². The Morgan fingerprint density at radius 3 is 2.12 bits per heavy atom. The Morgan fingerprint density at radius 1 is 0.824 bits per heavy atom. The zero-order valence-electron chi connectivity index (χ0n) is 11.6. The largest absolute Gasteiger partial charge is 0.394 e. The Hall–Kier alpha value is -0.120. The minimum absolute atomic E-state index is 0.0928. The van der Waals surface area contributed by atoms with Crippen LogP contribution in [0.15, 0.2) is 0 Å². The van der Waals surface area contributed by atoms with Crippen LogP contribution in [-0.4, -0.2) is 38.1 Å². The van der Waals surface area contributed by atoms with Crippen molar-refractivity contribution in [2.75, 3.05) is 33.0 Å². The molecule has 0 rings (SSSR count). The molecule has 0 aliphatic carbocycles. The van der Waals surface area contributed by atoms with Crippen molar-refractivity contribution >= 4 is 0 Å². The lowest BCUT2D eigenvalue weighted by molar-refractivity contribution is 0.0289. The van der Waals surface area contributed by atoms with Gasteiger partial charge in [-0.05, 0) is 12.3 Å². The zero-order valence-corrected chi connectivity index (χ0v) is 11.6. The van der Waals surface area contributed by atoms with E-state index in [9.17, 15) is 0 Å². The molecule has 0 bridgehead atoms. The predicted octanol–water partition coefficient (Wildman–Crippen LogP) is 3.01. The fourth-order valence-electron chi connectivity index (χ4n) is 1.97. The Kier molecular flexibility index (Phi) is 13.8. The highest BCUT2D eigenvalue weighted by Crippen LogP contribution is 2.18. The molecule has 3 nitrogen and oxygen atoms in total. The van der Waals surface area contributed by atoms with Crippen molar-refractivity contribution in [3.8, 4) is 0 Å². The van der Waals surface area contributed by atoms with E-state index < -0.39 is 0 Å². The zero-order chi connectivity index (χ0) is 12.8. The summed E-state index contributed by atoms with van der Waals surface area (Å²) < 4.78 is 10.7. The van der Waals surface area contributed by atoms with E-state index in [2.05, 4.69) is 13.8 Å². The summed E-state index contributed by atoms with van der Waals surface area (Å²) in [4.78, 5) is 0. The maximum atomic E-state index is 8.52. The molecular formula is C14H30O3. The second kappa shape index (κ2) is 13.9. The molecule has 0 heterocycles. The molecule has 0 spiro atoms. The van der Waals surface area contributed by atoms with Crippen molar-refractivity contribution in [1.29, 1.82) is 0 Å². The van der Waals surface area contributed by atoms with Gasteiger partial charge >= 0.3 is 0 Å². The average molecular weight is 246 g/mol. The Bertz CT molecular complexity index is 139. The summed E-state index contributed by atoms with van der Waals surface area (Å²) in [6.45, 7) is 7.09. The minimum Gasteiger partial charge on any atom is -0.394 e. The van der Waals surface area contributed by atoms with Crippen molar-refractivity contribution in [1.82, 2.24) is 0 Å². The molecule has 0 saturated heterocycles. The highest BCUT2D eigenvalue weighted by Gasteiger charge is 2.06. The molecule has 104 valence electrons. The smallest absolute Gasteiger partial charge is 0.0701 e. The topological polar surface area (TPSA) is 38.7 Å². The molecule has 0 amide bonds. The van der Waals surface area contributed by atoms with E-state index in [-0.39, 0.29) is 6.61 Å². The van der Waals surface area contributed by atoms with Gasteiger partial charge in [-0.1, -0.05) is 46.0 Å². The van der Waals surface area contributed by atoms with E-state index in [1.165, 1.54) is 38.5 Å². The Labute approximate surface area is 107 Å². The highest BCUT2D eigenvalue weighted by molar-refractivity contribution is 4.58. The third-order valence-electron chi connectivity index (χ3n) is 2.94. The predicted molar refractivity (Wildman–Crippen MR) is 71.3 cm³/mol. The van der Waals surface area contributed by atoms with E-state index in [0.29, 0.717) is 19.8 Å². The van der Waals surface area contributed by atoms with Gasteiger partial charge in [-0.3, -0.25) is 0 Å². The number of aliphatic hydroxyl groups is 1. The van der Waals surface area contributed by atoms with E-state index in [1.807, 2.05) is 0 Å².